The molecular formula is C15H22O3. The van der Waals surface area contributed by atoms with Gasteiger partial charge in [0, 0.05) is 11.3 Å². The van der Waals surface area contributed by atoms with Crippen LogP contribution in [0.25, 0.3) is 0 Å². The van der Waals surface area contributed by atoms with Crippen molar-refractivity contribution in [3.05, 3.63) is 12.2 Å². The second-order valence-electron chi connectivity index (χ2n) is 7.02. The molecule has 0 aromatic carbocycles. The highest BCUT2D eigenvalue weighted by Gasteiger charge is 2.63. The molecule has 3 fully saturated rings. The molecule has 0 aromatic heterocycles. The lowest BCUT2D eigenvalue weighted by Gasteiger charge is -2.56. The fraction of sp³-hybridized carbons (Fsp3) is 0.867. The van der Waals surface area contributed by atoms with E-state index in [1.807, 2.05) is 13.8 Å². The average Bonchev–Trinajstić information content (AvgIpc) is 2.66. The number of hydrogen-bond acceptors (Lipinski definition) is 3. The first-order chi connectivity index (χ1) is 8.50. The SMILES string of the molecule is CC1(C)O[C@H]2[C@@H]3C=C[C@]4(CC[C@@H](O)C[C@H]4C3)[C@H]2O1. The third-order valence-corrected chi connectivity index (χ3v) is 5.52. The van der Waals surface area contributed by atoms with Crippen LogP contribution in [0.15, 0.2) is 12.2 Å². The quantitative estimate of drug-likeness (QED) is 0.670. The van der Waals surface area contributed by atoms with Crippen molar-refractivity contribution in [3.63, 3.8) is 0 Å². The Labute approximate surface area is 108 Å². The fourth-order valence-corrected chi connectivity index (χ4v) is 4.76. The van der Waals surface area contributed by atoms with Crippen molar-refractivity contribution in [1.29, 1.82) is 0 Å². The van der Waals surface area contributed by atoms with Gasteiger partial charge in [-0.1, -0.05) is 12.2 Å². The van der Waals surface area contributed by atoms with E-state index in [0.29, 0.717) is 11.8 Å². The van der Waals surface area contributed by atoms with E-state index >= 15 is 0 Å². The second-order valence-corrected chi connectivity index (χ2v) is 7.02. The Balaban J connectivity index is 1.74. The van der Waals surface area contributed by atoms with Crippen LogP contribution in [0, 0.1) is 17.3 Å². The van der Waals surface area contributed by atoms with E-state index in [-0.39, 0.29) is 23.7 Å². The summed E-state index contributed by atoms with van der Waals surface area (Å²) in [6.45, 7) is 4.04. The molecule has 6 atom stereocenters. The zero-order valence-electron chi connectivity index (χ0n) is 11.1. The molecule has 100 valence electrons. The first-order valence-corrected chi connectivity index (χ1v) is 7.23. The third kappa shape index (κ3) is 1.36. The molecule has 2 saturated carbocycles. The summed E-state index contributed by atoms with van der Waals surface area (Å²) in [6, 6.07) is 0. The van der Waals surface area contributed by atoms with Crippen molar-refractivity contribution >= 4 is 0 Å². The van der Waals surface area contributed by atoms with Crippen LogP contribution in [0.1, 0.15) is 39.5 Å². The molecule has 1 saturated heterocycles. The van der Waals surface area contributed by atoms with Gasteiger partial charge in [-0.05, 0) is 45.4 Å². The maximum Gasteiger partial charge on any atom is 0.163 e. The normalized spacial score (nSPS) is 56.3. The van der Waals surface area contributed by atoms with Crippen LogP contribution in [-0.2, 0) is 9.47 Å². The smallest absolute Gasteiger partial charge is 0.163 e. The van der Waals surface area contributed by atoms with Crippen LogP contribution < -0.4 is 0 Å². The predicted molar refractivity (Wildman–Crippen MR) is 66.9 cm³/mol. The van der Waals surface area contributed by atoms with Crippen LogP contribution in [0.3, 0.4) is 0 Å². The molecule has 1 aliphatic heterocycles. The molecule has 0 aromatic rings. The number of ether oxygens (including phenoxy) is 2. The van der Waals surface area contributed by atoms with Gasteiger partial charge in [-0.2, -0.15) is 0 Å². The van der Waals surface area contributed by atoms with E-state index in [0.717, 1.165) is 25.7 Å². The summed E-state index contributed by atoms with van der Waals surface area (Å²) in [5.41, 5.74) is 0.131. The Morgan fingerprint density at radius 2 is 2.06 bits per heavy atom. The van der Waals surface area contributed by atoms with E-state index in [1.165, 1.54) is 0 Å². The van der Waals surface area contributed by atoms with E-state index < -0.39 is 5.79 Å². The third-order valence-electron chi connectivity index (χ3n) is 5.52. The summed E-state index contributed by atoms with van der Waals surface area (Å²) < 4.78 is 12.3. The van der Waals surface area contributed by atoms with Crippen LogP contribution in [0.4, 0.5) is 0 Å². The molecule has 18 heavy (non-hydrogen) atoms. The van der Waals surface area contributed by atoms with Gasteiger partial charge in [0.25, 0.3) is 0 Å². The summed E-state index contributed by atoms with van der Waals surface area (Å²) in [6.07, 6.45) is 9.11. The molecule has 3 heteroatoms. The zero-order valence-corrected chi connectivity index (χ0v) is 11.1. The van der Waals surface area contributed by atoms with Gasteiger partial charge < -0.3 is 14.6 Å². The van der Waals surface area contributed by atoms with Gasteiger partial charge in [0.05, 0.1) is 18.3 Å². The van der Waals surface area contributed by atoms with Gasteiger partial charge in [-0.15, -0.1) is 0 Å². The maximum atomic E-state index is 9.92. The monoisotopic (exact) mass is 250 g/mol. The summed E-state index contributed by atoms with van der Waals surface area (Å²) >= 11 is 0. The largest absolute Gasteiger partial charge is 0.393 e. The molecule has 1 N–H and O–H groups in total. The van der Waals surface area contributed by atoms with Crippen molar-refractivity contribution in [2.75, 3.05) is 0 Å². The Bertz CT molecular complexity index is 403. The molecule has 3 nitrogen and oxygen atoms in total. The zero-order chi connectivity index (χ0) is 12.5. The Morgan fingerprint density at radius 3 is 2.89 bits per heavy atom. The lowest BCUT2D eigenvalue weighted by molar-refractivity contribution is -0.159. The summed E-state index contributed by atoms with van der Waals surface area (Å²) in [5, 5.41) is 9.92. The van der Waals surface area contributed by atoms with Crippen LogP contribution in [0.2, 0.25) is 0 Å². The molecule has 1 spiro atoms. The van der Waals surface area contributed by atoms with Crippen LogP contribution >= 0.6 is 0 Å². The van der Waals surface area contributed by atoms with Gasteiger partial charge in [0.15, 0.2) is 5.79 Å². The predicted octanol–water partition coefficient (Wildman–Crippen LogP) is 2.24. The Kier molecular flexibility index (Phi) is 2.15. The van der Waals surface area contributed by atoms with E-state index in [2.05, 4.69) is 12.2 Å². The minimum Gasteiger partial charge on any atom is -0.393 e. The Morgan fingerprint density at radius 1 is 1.22 bits per heavy atom. The van der Waals surface area contributed by atoms with E-state index in [1.54, 1.807) is 0 Å². The van der Waals surface area contributed by atoms with Crippen molar-refractivity contribution in [2.45, 2.75) is 63.6 Å². The fourth-order valence-electron chi connectivity index (χ4n) is 4.76. The molecule has 1 heterocycles. The lowest BCUT2D eigenvalue weighted by Crippen LogP contribution is -2.58. The number of hydrogen-bond donors (Lipinski definition) is 1. The summed E-state index contributed by atoms with van der Waals surface area (Å²) in [7, 11) is 0. The molecule has 0 amide bonds. The van der Waals surface area contributed by atoms with Crippen LogP contribution in [0.5, 0.6) is 0 Å². The Hall–Kier alpha value is -0.380. The van der Waals surface area contributed by atoms with Gasteiger partial charge in [0.1, 0.15) is 0 Å². The number of rotatable bonds is 0. The highest BCUT2D eigenvalue weighted by atomic mass is 16.8. The van der Waals surface area contributed by atoms with Crippen molar-refractivity contribution < 1.29 is 14.6 Å². The summed E-state index contributed by atoms with van der Waals surface area (Å²) in [5.74, 6) is 0.612. The maximum absolute atomic E-state index is 9.92. The molecule has 0 radical (unpaired) electrons. The van der Waals surface area contributed by atoms with Gasteiger partial charge in [-0.25, -0.2) is 0 Å². The van der Waals surface area contributed by atoms with E-state index in [9.17, 15) is 5.11 Å². The van der Waals surface area contributed by atoms with Crippen molar-refractivity contribution in [1.82, 2.24) is 0 Å². The number of aliphatic hydroxyl groups is 1. The topological polar surface area (TPSA) is 38.7 Å². The molecular weight excluding hydrogens is 228 g/mol. The standard InChI is InChI=1S/C15H22O3/c1-14(2)17-12-9-3-5-15(13(12)18-14)6-4-11(16)8-10(15)7-9/h3,5,9-13,16H,4,6-8H2,1-2H3/t9-,10-,11-,12+,13+,15-/m1/s1. The van der Waals surface area contributed by atoms with Crippen LogP contribution in [-0.4, -0.2) is 29.2 Å². The molecule has 2 bridgehead atoms. The number of aliphatic hydroxyl groups excluding tert-OH is 1. The average molecular weight is 250 g/mol. The van der Waals surface area contributed by atoms with Gasteiger partial charge >= 0.3 is 0 Å². The lowest BCUT2D eigenvalue weighted by atomic mass is 9.51. The highest BCUT2D eigenvalue weighted by molar-refractivity contribution is 5.24. The minimum atomic E-state index is -0.447. The van der Waals surface area contributed by atoms with E-state index in [4.69, 9.17) is 9.47 Å². The first-order valence-electron chi connectivity index (χ1n) is 7.23. The molecule has 4 aliphatic carbocycles. The summed E-state index contributed by atoms with van der Waals surface area (Å²) in [4.78, 5) is 0. The second kappa shape index (κ2) is 3.38. The van der Waals surface area contributed by atoms with Crippen molar-refractivity contribution in [2.24, 2.45) is 17.3 Å². The van der Waals surface area contributed by atoms with Gasteiger partial charge in [0.2, 0.25) is 0 Å². The highest BCUT2D eigenvalue weighted by Crippen LogP contribution is 2.61. The molecule has 5 rings (SSSR count). The van der Waals surface area contributed by atoms with Gasteiger partial charge in [-0.3, -0.25) is 0 Å². The first kappa shape index (κ1) is 11.4. The van der Waals surface area contributed by atoms with Crippen molar-refractivity contribution in [3.8, 4) is 0 Å². The molecule has 5 aliphatic rings. The molecule has 0 unspecified atom stereocenters. The minimum absolute atomic E-state index is 0.109.